The second-order valence-electron chi connectivity index (χ2n) is 4.57. The molecule has 1 nitrogen and oxygen atoms in total. The Balaban J connectivity index is 1.88. The number of fused-ring (bicyclic) bond motifs is 1. The van der Waals surface area contributed by atoms with Gasteiger partial charge in [0.25, 0.3) is 0 Å². The Kier molecular flexibility index (Phi) is 3.06. The Morgan fingerprint density at radius 1 is 1.22 bits per heavy atom. The van der Waals surface area contributed by atoms with Crippen molar-refractivity contribution < 1.29 is 4.39 Å². The summed E-state index contributed by atoms with van der Waals surface area (Å²) in [4.78, 5) is 0. The van der Waals surface area contributed by atoms with E-state index in [0.717, 1.165) is 6.54 Å². The van der Waals surface area contributed by atoms with Gasteiger partial charge in [-0.2, -0.15) is 0 Å². The summed E-state index contributed by atoms with van der Waals surface area (Å²) < 4.78 is 13.7. The topological polar surface area (TPSA) is 12.0 Å². The standard InChI is InChI=1S/C15H13ClFN/c16-12-5-6-14(17)11(7-12)8-15-13-4-2-1-3-10(13)9-18-15/h1-7,15,18H,8-9H2. The van der Waals surface area contributed by atoms with E-state index in [0.29, 0.717) is 17.0 Å². The highest BCUT2D eigenvalue weighted by atomic mass is 35.5. The molecular weight excluding hydrogens is 249 g/mol. The van der Waals surface area contributed by atoms with Crippen LogP contribution >= 0.6 is 11.6 Å². The first kappa shape index (κ1) is 11.7. The zero-order valence-corrected chi connectivity index (χ0v) is 10.5. The average Bonchev–Trinajstić information content (AvgIpc) is 2.78. The Labute approximate surface area is 111 Å². The molecule has 0 radical (unpaired) electrons. The van der Waals surface area contributed by atoms with Crippen LogP contribution in [0.2, 0.25) is 5.02 Å². The summed E-state index contributed by atoms with van der Waals surface area (Å²) in [5, 5.41) is 3.99. The van der Waals surface area contributed by atoms with E-state index in [4.69, 9.17) is 11.6 Å². The highest BCUT2D eigenvalue weighted by molar-refractivity contribution is 6.30. The molecule has 1 heterocycles. The van der Waals surface area contributed by atoms with Crippen molar-refractivity contribution in [2.45, 2.75) is 19.0 Å². The molecule has 18 heavy (non-hydrogen) atoms. The van der Waals surface area contributed by atoms with Gasteiger partial charge in [0.05, 0.1) is 0 Å². The van der Waals surface area contributed by atoms with Gasteiger partial charge in [-0.05, 0) is 41.3 Å². The second kappa shape index (κ2) is 4.71. The Morgan fingerprint density at radius 2 is 2.06 bits per heavy atom. The predicted molar refractivity (Wildman–Crippen MR) is 71.1 cm³/mol. The maximum atomic E-state index is 13.7. The molecule has 0 bridgehead atoms. The number of hydrogen-bond acceptors (Lipinski definition) is 1. The minimum absolute atomic E-state index is 0.175. The van der Waals surface area contributed by atoms with E-state index in [9.17, 15) is 4.39 Å². The van der Waals surface area contributed by atoms with Crippen LogP contribution in [0, 0.1) is 5.82 Å². The number of halogens is 2. The number of nitrogens with one attached hydrogen (secondary N) is 1. The maximum Gasteiger partial charge on any atom is 0.126 e. The minimum Gasteiger partial charge on any atom is -0.306 e. The van der Waals surface area contributed by atoms with Crippen LogP contribution in [0.15, 0.2) is 42.5 Å². The Bertz CT molecular complexity index is 582. The molecule has 0 spiro atoms. The van der Waals surface area contributed by atoms with Crippen molar-refractivity contribution in [3.63, 3.8) is 0 Å². The van der Waals surface area contributed by atoms with Gasteiger partial charge in [0, 0.05) is 17.6 Å². The number of hydrogen-bond donors (Lipinski definition) is 1. The van der Waals surface area contributed by atoms with E-state index >= 15 is 0 Å². The van der Waals surface area contributed by atoms with E-state index in [-0.39, 0.29) is 11.9 Å². The molecule has 2 aromatic rings. The zero-order chi connectivity index (χ0) is 12.5. The largest absolute Gasteiger partial charge is 0.306 e. The van der Waals surface area contributed by atoms with Crippen LogP contribution in [0.4, 0.5) is 4.39 Å². The number of rotatable bonds is 2. The summed E-state index contributed by atoms with van der Waals surface area (Å²) in [5.41, 5.74) is 3.22. The molecule has 92 valence electrons. The van der Waals surface area contributed by atoms with Crippen LogP contribution < -0.4 is 5.32 Å². The Hall–Kier alpha value is -1.38. The molecular formula is C15H13ClFN. The van der Waals surface area contributed by atoms with Gasteiger partial charge in [0.2, 0.25) is 0 Å². The van der Waals surface area contributed by atoms with Crippen LogP contribution in [0.1, 0.15) is 22.7 Å². The Morgan fingerprint density at radius 3 is 2.94 bits per heavy atom. The van der Waals surface area contributed by atoms with Gasteiger partial charge < -0.3 is 5.32 Å². The van der Waals surface area contributed by atoms with Crippen molar-refractivity contribution in [1.29, 1.82) is 0 Å². The third-order valence-corrected chi connectivity index (χ3v) is 3.64. The lowest BCUT2D eigenvalue weighted by Crippen LogP contribution is -2.15. The van der Waals surface area contributed by atoms with E-state index in [1.807, 2.05) is 12.1 Å². The van der Waals surface area contributed by atoms with Crippen molar-refractivity contribution in [3.05, 3.63) is 70.0 Å². The van der Waals surface area contributed by atoms with Crippen LogP contribution in [0.5, 0.6) is 0 Å². The smallest absolute Gasteiger partial charge is 0.126 e. The molecule has 0 saturated heterocycles. The lowest BCUT2D eigenvalue weighted by Gasteiger charge is -2.13. The lowest BCUT2D eigenvalue weighted by atomic mass is 9.98. The normalized spacial score (nSPS) is 17.8. The zero-order valence-electron chi connectivity index (χ0n) is 9.79. The summed E-state index contributed by atoms with van der Waals surface area (Å²) in [6.07, 6.45) is 0.628. The summed E-state index contributed by atoms with van der Waals surface area (Å²) in [5.74, 6) is -0.189. The fourth-order valence-corrected chi connectivity index (χ4v) is 2.67. The molecule has 0 aromatic heterocycles. The van der Waals surface area contributed by atoms with Crippen LogP contribution in [-0.4, -0.2) is 0 Å². The second-order valence-corrected chi connectivity index (χ2v) is 5.01. The van der Waals surface area contributed by atoms with Crippen LogP contribution in [-0.2, 0) is 13.0 Å². The summed E-state index contributed by atoms with van der Waals surface area (Å²) >= 11 is 5.92. The molecule has 1 atom stereocenters. The fourth-order valence-electron chi connectivity index (χ4n) is 2.48. The van der Waals surface area contributed by atoms with E-state index in [1.165, 1.54) is 17.2 Å². The first-order valence-electron chi connectivity index (χ1n) is 5.99. The molecule has 0 fully saturated rings. The van der Waals surface area contributed by atoms with Crippen molar-refractivity contribution in [2.75, 3.05) is 0 Å². The average molecular weight is 262 g/mol. The van der Waals surface area contributed by atoms with Crippen molar-refractivity contribution in [2.24, 2.45) is 0 Å². The summed E-state index contributed by atoms with van der Waals surface area (Å²) in [7, 11) is 0. The van der Waals surface area contributed by atoms with Gasteiger partial charge >= 0.3 is 0 Å². The first-order valence-corrected chi connectivity index (χ1v) is 6.37. The number of benzene rings is 2. The minimum atomic E-state index is -0.189. The molecule has 0 saturated carbocycles. The molecule has 0 aliphatic carbocycles. The van der Waals surface area contributed by atoms with E-state index in [2.05, 4.69) is 17.4 Å². The van der Waals surface area contributed by atoms with E-state index in [1.54, 1.807) is 12.1 Å². The molecule has 3 heteroatoms. The lowest BCUT2D eigenvalue weighted by molar-refractivity contribution is 0.549. The molecule has 1 unspecified atom stereocenters. The van der Waals surface area contributed by atoms with Gasteiger partial charge in [0.15, 0.2) is 0 Å². The van der Waals surface area contributed by atoms with Gasteiger partial charge in [-0.1, -0.05) is 35.9 Å². The predicted octanol–water partition coefficient (Wildman–Crippen LogP) is 3.87. The van der Waals surface area contributed by atoms with Gasteiger partial charge in [0.1, 0.15) is 5.82 Å². The molecule has 3 rings (SSSR count). The third-order valence-electron chi connectivity index (χ3n) is 3.40. The summed E-state index contributed by atoms with van der Waals surface area (Å²) in [6, 6.07) is 13.2. The molecule has 1 aliphatic heterocycles. The summed E-state index contributed by atoms with van der Waals surface area (Å²) in [6.45, 7) is 0.850. The first-order chi connectivity index (χ1) is 8.74. The van der Waals surface area contributed by atoms with Crippen LogP contribution in [0.3, 0.4) is 0 Å². The quantitative estimate of drug-likeness (QED) is 0.865. The molecule has 2 aromatic carbocycles. The third kappa shape index (κ3) is 2.14. The maximum absolute atomic E-state index is 13.7. The van der Waals surface area contributed by atoms with Crippen molar-refractivity contribution in [1.82, 2.24) is 5.32 Å². The van der Waals surface area contributed by atoms with Gasteiger partial charge in [-0.25, -0.2) is 4.39 Å². The van der Waals surface area contributed by atoms with Crippen molar-refractivity contribution >= 4 is 11.6 Å². The van der Waals surface area contributed by atoms with Gasteiger partial charge in [-0.15, -0.1) is 0 Å². The fraction of sp³-hybridized carbons (Fsp3) is 0.200. The van der Waals surface area contributed by atoms with Crippen molar-refractivity contribution in [3.8, 4) is 0 Å². The molecule has 1 N–H and O–H groups in total. The molecule has 1 aliphatic rings. The monoisotopic (exact) mass is 261 g/mol. The highest BCUT2D eigenvalue weighted by Gasteiger charge is 2.22. The highest BCUT2D eigenvalue weighted by Crippen LogP contribution is 2.29. The van der Waals surface area contributed by atoms with Gasteiger partial charge in [-0.3, -0.25) is 0 Å². The van der Waals surface area contributed by atoms with Crippen LogP contribution in [0.25, 0.3) is 0 Å². The van der Waals surface area contributed by atoms with E-state index < -0.39 is 0 Å². The SMILES string of the molecule is Fc1ccc(Cl)cc1CC1NCc2ccccc21. The molecule has 0 amide bonds.